The second-order valence-corrected chi connectivity index (χ2v) is 4.12. The molecule has 2 N–H and O–H groups in total. The summed E-state index contributed by atoms with van der Waals surface area (Å²) in [5.74, 6) is -0.958. The summed E-state index contributed by atoms with van der Waals surface area (Å²) in [5.41, 5.74) is 1.01. The van der Waals surface area contributed by atoms with Crippen molar-refractivity contribution in [2.45, 2.75) is 26.1 Å². The van der Waals surface area contributed by atoms with E-state index < -0.39 is 5.79 Å². The summed E-state index contributed by atoms with van der Waals surface area (Å²) in [6, 6.07) is 7.53. The van der Waals surface area contributed by atoms with Crippen LogP contribution in [-0.2, 0) is 11.2 Å². The summed E-state index contributed by atoms with van der Waals surface area (Å²) in [7, 11) is 1.46. The van der Waals surface area contributed by atoms with Gasteiger partial charge in [-0.05, 0) is 31.9 Å². The van der Waals surface area contributed by atoms with Crippen LogP contribution < -0.4 is 0 Å². The molecule has 16 heavy (non-hydrogen) atoms. The minimum Gasteiger partial charge on any atom is -0.396 e. The smallest absolute Gasteiger partial charge is 0.159 e. The van der Waals surface area contributed by atoms with Crippen molar-refractivity contribution < 1.29 is 14.9 Å². The van der Waals surface area contributed by atoms with Gasteiger partial charge >= 0.3 is 0 Å². The number of aliphatic hydroxyl groups excluding tert-OH is 1. The highest BCUT2D eigenvalue weighted by Crippen LogP contribution is 2.14. The van der Waals surface area contributed by atoms with Crippen molar-refractivity contribution in [2.24, 2.45) is 0 Å². The number of halogens is 1. The molecule has 0 radical (unpaired) electrons. The van der Waals surface area contributed by atoms with Gasteiger partial charge in [0.2, 0.25) is 0 Å². The lowest BCUT2D eigenvalue weighted by molar-refractivity contribution is -0.155. The van der Waals surface area contributed by atoms with E-state index in [1.54, 1.807) is 13.8 Å². The molecule has 0 aliphatic carbocycles. The average Bonchev–Trinajstić information content (AvgIpc) is 2.22. The predicted octanol–water partition coefficient (Wildman–Crippen LogP) is 2.24. The van der Waals surface area contributed by atoms with E-state index in [1.807, 2.05) is 24.3 Å². The molecule has 0 aliphatic rings. The minimum atomic E-state index is -0.958. The summed E-state index contributed by atoms with van der Waals surface area (Å²) in [6.45, 7) is 3.31. The molecule has 0 fully saturated rings. The monoisotopic (exact) mass is 246 g/mol. The lowest BCUT2D eigenvalue weighted by Crippen LogP contribution is -2.20. The van der Waals surface area contributed by atoms with Crippen molar-refractivity contribution in [3.8, 4) is 0 Å². The first kappa shape index (κ1) is 15.4. The molecule has 0 saturated heterocycles. The van der Waals surface area contributed by atoms with Crippen LogP contribution in [0.1, 0.15) is 19.4 Å². The van der Waals surface area contributed by atoms with Crippen molar-refractivity contribution >= 4 is 11.6 Å². The van der Waals surface area contributed by atoms with Crippen LogP contribution in [0.3, 0.4) is 0 Å². The van der Waals surface area contributed by atoms with Crippen molar-refractivity contribution in [3.63, 3.8) is 0 Å². The van der Waals surface area contributed by atoms with Crippen molar-refractivity contribution in [1.82, 2.24) is 0 Å². The normalized spacial score (nSPS) is 10.6. The van der Waals surface area contributed by atoms with Gasteiger partial charge in [0.15, 0.2) is 5.79 Å². The van der Waals surface area contributed by atoms with Crippen LogP contribution in [0.15, 0.2) is 24.3 Å². The van der Waals surface area contributed by atoms with Crippen LogP contribution in [-0.4, -0.2) is 29.7 Å². The highest BCUT2D eigenvalue weighted by Gasteiger charge is 2.06. The Bertz CT molecular complexity index is 295. The van der Waals surface area contributed by atoms with E-state index in [1.165, 1.54) is 7.11 Å². The van der Waals surface area contributed by atoms with Crippen LogP contribution in [0.4, 0.5) is 0 Å². The fourth-order valence-corrected chi connectivity index (χ4v) is 1.05. The maximum atomic E-state index is 8.60. The molecular formula is C12H19ClO3. The van der Waals surface area contributed by atoms with Crippen LogP contribution in [0, 0.1) is 0 Å². The molecular weight excluding hydrogens is 228 g/mol. The van der Waals surface area contributed by atoms with E-state index in [9.17, 15) is 0 Å². The number of rotatable bonds is 3. The SMILES string of the molecule is COC(C)(C)O.OCCc1ccccc1Cl. The topological polar surface area (TPSA) is 49.7 Å². The van der Waals surface area contributed by atoms with Crippen molar-refractivity contribution in [2.75, 3.05) is 13.7 Å². The first-order chi connectivity index (χ1) is 7.40. The molecule has 4 heteroatoms. The number of methoxy groups -OCH3 is 1. The van der Waals surface area contributed by atoms with E-state index in [0.29, 0.717) is 6.42 Å². The van der Waals surface area contributed by atoms with Gasteiger partial charge in [-0.25, -0.2) is 0 Å². The first-order valence-electron chi connectivity index (χ1n) is 5.02. The van der Waals surface area contributed by atoms with Crippen molar-refractivity contribution in [3.05, 3.63) is 34.9 Å². The summed E-state index contributed by atoms with van der Waals surface area (Å²) in [5, 5.41) is 17.9. The maximum absolute atomic E-state index is 8.60. The Morgan fingerprint density at radius 1 is 1.31 bits per heavy atom. The van der Waals surface area contributed by atoms with Crippen molar-refractivity contribution in [1.29, 1.82) is 0 Å². The van der Waals surface area contributed by atoms with E-state index >= 15 is 0 Å². The molecule has 3 nitrogen and oxygen atoms in total. The Morgan fingerprint density at radius 2 is 1.81 bits per heavy atom. The third kappa shape index (κ3) is 7.65. The molecule has 0 saturated carbocycles. The standard InChI is InChI=1S/C8H9ClO.C4H10O2/c9-8-4-2-1-3-7(8)5-6-10;1-4(2,5)6-3/h1-4,10H,5-6H2;5H,1-3H3. The van der Waals surface area contributed by atoms with Gasteiger partial charge in [-0.15, -0.1) is 0 Å². The van der Waals surface area contributed by atoms with E-state index in [2.05, 4.69) is 4.74 Å². The molecule has 0 heterocycles. The van der Waals surface area contributed by atoms with E-state index in [-0.39, 0.29) is 6.61 Å². The van der Waals surface area contributed by atoms with Gasteiger partial charge in [0, 0.05) is 18.7 Å². The molecule has 1 aromatic rings. The van der Waals surface area contributed by atoms with Crippen LogP contribution in [0.25, 0.3) is 0 Å². The molecule has 0 bridgehead atoms. The molecule has 0 atom stereocenters. The quantitative estimate of drug-likeness (QED) is 0.805. The van der Waals surface area contributed by atoms with Gasteiger partial charge in [0.25, 0.3) is 0 Å². The number of benzene rings is 1. The molecule has 0 unspecified atom stereocenters. The maximum Gasteiger partial charge on any atom is 0.159 e. The Balaban J connectivity index is 0.000000325. The molecule has 0 aromatic heterocycles. The number of hydrogen-bond acceptors (Lipinski definition) is 3. The zero-order valence-corrected chi connectivity index (χ0v) is 10.7. The summed E-state index contributed by atoms with van der Waals surface area (Å²) < 4.78 is 4.49. The molecule has 92 valence electrons. The zero-order chi connectivity index (χ0) is 12.6. The van der Waals surface area contributed by atoms with Gasteiger partial charge in [-0.3, -0.25) is 0 Å². The van der Waals surface area contributed by atoms with Gasteiger partial charge in [0.1, 0.15) is 0 Å². The summed E-state index contributed by atoms with van der Waals surface area (Å²) in [6.07, 6.45) is 0.639. The fourth-order valence-electron chi connectivity index (χ4n) is 0.822. The number of ether oxygens (including phenoxy) is 1. The van der Waals surface area contributed by atoms with Crippen LogP contribution >= 0.6 is 11.6 Å². The molecule has 0 aliphatic heterocycles. The number of aliphatic hydroxyl groups is 2. The Hall–Kier alpha value is -0.610. The van der Waals surface area contributed by atoms with Crippen LogP contribution in [0.5, 0.6) is 0 Å². The van der Waals surface area contributed by atoms with E-state index in [0.717, 1.165) is 10.6 Å². The largest absolute Gasteiger partial charge is 0.396 e. The summed E-state index contributed by atoms with van der Waals surface area (Å²) >= 11 is 5.79. The molecule has 1 rings (SSSR count). The van der Waals surface area contributed by atoms with Gasteiger partial charge < -0.3 is 14.9 Å². The molecule has 1 aromatic carbocycles. The average molecular weight is 247 g/mol. The van der Waals surface area contributed by atoms with Gasteiger partial charge in [-0.1, -0.05) is 29.8 Å². The van der Waals surface area contributed by atoms with Gasteiger partial charge in [-0.2, -0.15) is 0 Å². The highest BCUT2D eigenvalue weighted by molar-refractivity contribution is 6.31. The fraction of sp³-hybridized carbons (Fsp3) is 0.500. The Morgan fingerprint density at radius 3 is 2.19 bits per heavy atom. The highest BCUT2D eigenvalue weighted by atomic mass is 35.5. The Kier molecular flexibility index (Phi) is 7.34. The lowest BCUT2D eigenvalue weighted by Gasteiger charge is -2.12. The van der Waals surface area contributed by atoms with Gasteiger partial charge in [0.05, 0.1) is 0 Å². The van der Waals surface area contributed by atoms with Crippen LogP contribution in [0.2, 0.25) is 5.02 Å². The predicted molar refractivity (Wildman–Crippen MR) is 65.5 cm³/mol. The Labute approximate surface area is 102 Å². The summed E-state index contributed by atoms with van der Waals surface area (Å²) in [4.78, 5) is 0. The second kappa shape index (κ2) is 7.63. The molecule has 0 amide bonds. The van der Waals surface area contributed by atoms with E-state index in [4.69, 9.17) is 21.8 Å². The first-order valence-corrected chi connectivity index (χ1v) is 5.40. The minimum absolute atomic E-state index is 0.156. The zero-order valence-electron chi connectivity index (χ0n) is 9.90. The number of hydrogen-bond donors (Lipinski definition) is 2. The third-order valence-electron chi connectivity index (χ3n) is 1.84. The third-order valence-corrected chi connectivity index (χ3v) is 2.21. The second-order valence-electron chi connectivity index (χ2n) is 3.72. The molecule has 0 spiro atoms. The lowest BCUT2D eigenvalue weighted by atomic mass is 10.2.